The van der Waals surface area contributed by atoms with Crippen LogP contribution in [0.2, 0.25) is 0 Å². The van der Waals surface area contributed by atoms with Crippen molar-refractivity contribution in [3.63, 3.8) is 0 Å². The largest absolute Gasteiger partial charge is 0.429 e. The predicted octanol–water partition coefficient (Wildman–Crippen LogP) is 3.48. The van der Waals surface area contributed by atoms with E-state index in [0.29, 0.717) is 0 Å². The second kappa shape index (κ2) is 9.00. The molecular formula is C7H11Cl5NO5P. The van der Waals surface area contributed by atoms with E-state index in [-0.39, 0.29) is 25.0 Å². The molecule has 0 bridgehead atoms. The summed E-state index contributed by atoms with van der Waals surface area (Å²) in [6.07, 6.45) is -1.31. The van der Waals surface area contributed by atoms with Gasteiger partial charge in [-0.1, -0.05) is 34.8 Å². The Bertz CT molecular complexity index is 326. The molecule has 0 heterocycles. The number of nitrogens with two attached hydrogens (primary N) is 1. The number of rotatable bonds is 8. The van der Waals surface area contributed by atoms with Gasteiger partial charge in [-0.05, 0) is 0 Å². The Hall–Kier alpha value is 0.870. The van der Waals surface area contributed by atoms with E-state index in [1.54, 1.807) is 0 Å². The van der Waals surface area contributed by atoms with Crippen molar-refractivity contribution in [2.75, 3.05) is 25.0 Å². The number of ether oxygens (including phenoxy) is 1. The van der Waals surface area contributed by atoms with Crippen LogP contribution in [-0.4, -0.2) is 40.7 Å². The normalized spacial score (nSPS) is 14.2. The van der Waals surface area contributed by atoms with Gasteiger partial charge in [0.2, 0.25) is 3.79 Å². The van der Waals surface area contributed by atoms with E-state index < -0.39 is 23.3 Å². The fourth-order valence-electron chi connectivity index (χ4n) is 0.917. The van der Waals surface area contributed by atoms with Crippen molar-refractivity contribution < 1.29 is 23.1 Å². The molecule has 0 aliphatic carbocycles. The Kier molecular flexibility index (Phi) is 9.42. The van der Waals surface area contributed by atoms with Crippen LogP contribution in [0.4, 0.5) is 4.79 Å². The van der Waals surface area contributed by atoms with Gasteiger partial charge in [-0.3, -0.25) is 4.57 Å². The minimum absolute atomic E-state index is 0.00261. The van der Waals surface area contributed by atoms with Crippen molar-refractivity contribution in [2.24, 2.45) is 5.73 Å². The zero-order valence-corrected chi connectivity index (χ0v) is 14.0. The molecule has 1 unspecified atom stereocenters. The lowest BCUT2D eigenvalue weighted by atomic mass is 10.8. The number of hydrogen-bond acceptors (Lipinski definition) is 5. The van der Waals surface area contributed by atoms with Crippen LogP contribution in [-0.2, 0) is 18.3 Å². The summed E-state index contributed by atoms with van der Waals surface area (Å²) in [5, 5.41) is 0. The molecule has 1 atom stereocenters. The molecule has 0 aromatic carbocycles. The van der Waals surface area contributed by atoms with Gasteiger partial charge in [-0.25, -0.2) is 4.79 Å². The average molecular weight is 397 g/mol. The molecule has 0 aromatic heterocycles. The third kappa shape index (κ3) is 7.44. The summed E-state index contributed by atoms with van der Waals surface area (Å²) in [6.45, 7) is -0.360. The first-order valence-corrected chi connectivity index (χ1v) is 8.52. The van der Waals surface area contributed by atoms with E-state index in [2.05, 4.69) is 4.74 Å². The lowest BCUT2D eigenvalue weighted by Crippen LogP contribution is -2.35. The van der Waals surface area contributed by atoms with Crippen molar-refractivity contribution in [2.45, 2.75) is 9.64 Å². The average Bonchev–Trinajstić information content (AvgIpc) is 2.29. The number of hydrogen-bond donors (Lipinski definition) is 1. The minimum atomic E-state index is -4.13. The molecule has 0 aliphatic rings. The number of carbonyl (C=O) groups is 1. The van der Waals surface area contributed by atoms with E-state index in [1.165, 1.54) is 0 Å². The maximum absolute atomic E-state index is 12.5. The monoisotopic (exact) mass is 395 g/mol. The van der Waals surface area contributed by atoms with Crippen LogP contribution in [0.1, 0.15) is 0 Å². The van der Waals surface area contributed by atoms with Crippen LogP contribution in [0.15, 0.2) is 0 Å². The zero-order chi connectivity index (χ0) is 15.1. The molecule has 0 saturated heterocycles. The van der Waals surface area contributed by atoms with Gasteiger partial charge in [0, 0.05) is 11.8 Å². The van der Waals surface area contributed by atoms with Crippen LogP contribution in [0.3, 0.4) is 0 Å². The molecule has 0 saturated carbocycles. The Balaban J connectivity index is 5.22. The zero-order valence-electron chi connectivity index (χ0n) is 9.36. The third-order valence-electron chi connectivity index (χ3n) is 1.49. The fraction of sp³-hybridized carbons (Fsp3) is 0.857. The molecule has 114 valence electrons. The van der Waals surface area contributed by atoms with Crippen LogP contribution in [0, 0.1) is 0 Å². The topological polar surface area (TPSA) is 87.9 Å². The Morgan fingerprint density at radius 2 is 1.58 bits per heavy atom. The molecule has 0 rings (SSSR count). The van der Waals surface area contributed by atoms with Gasteiger partial charge in [0.25, 0.3) is 5.85 Å². The molecule has 1 amide bonds. The van der Waals surface area contributed by atoms with Crippen LogP contribution in [0.5, 0.6) is 0 Å². The highest BCUT2D eigenvalue weighted by atomic mass is 35.6. The second-order valence-electron chi connectivity index (χ2n) is 2.92. The van der Waals surface area contributed by atoms with E-state index in [9.17, 15) is 9.36 Å². The van der Waals surface area contributed by atoms with Gasteiger partial charge in [-0.15, -0.1) is 23.2 Å². The standard InChI is InChI=1S/C7H11Cl5NO5P/c8-1-3-16-19(15,17-4-2-9)5(7(10,11)12)18-6(13)14/h5H,1-4H2,(H2,13,14). The van der Waals surface area contributed by atoms with E-state index >= 15 is 0 Å². The number of amides is 1. The van der Waals surface area contributed by atoms with Crippen molar-refractivity contribution in [3.8, 4) is 0 Å². The summed E-state index contributed by atoms with van der Waals surface area (Å²) in [6, 6.07) is 0. The van der Waals surface area contributed by atoms with Gasteiger partial charge in [0.05, 0.1) is 13.2 Å². The summed E-state index contributed by atoms with van der Waals surface area (Å²) in [5.41, 5.74) is 4.82. The molecule has 0 aromatic rings. The molecule has 0 radical (unpaired) electrons. The van der Waals surface area contributed by atoms with Gasteiger partial charge in [0.15, 0.2) is 0 Å². The number of alkyl halides is 5. The summed E-state index contributed by atoms with van der Waals surface area (Å²) >= 11 is 27.6. The summed E-state index contributed by atoms with van der Waals surface area (Å²) in [4.78, 5) is 10.8. The first-order chi connectivity index (χ1) is 8.67. The van der Waals surface area contributed by atoms with Crippen LogP contribution in [0.25, 0.3) is 0 Å². The first kappa shape index (κ1) is 19.9. The molecule has 6 nitrogen and oxygen atoms in total. The molecule has 0 aliphatic heterocycles. The fourth-order valence-corrected chi connectivity index (χ4v) is 4.12. The second-order valence-corrected chi connectivity index (χ2v) is 8.11. The summed E-state index contributed by atoms with van der Waals surface area (Å²) in [5.74, 6) is -1.84. The molecule has 0 fully saturated rings. The van der Waals surface area contributed by atoms with Crippen LogP contribution >= 0.6 is 65.6 Å². The number of primary amides is 1. The van der Waals surface area contributed by atoms with E-state index in [4.69, 9.17) is 72.8 Å². The van der Waals surface area contributed by atoms with Crippen molar-refractivity contribution in [1.29, 1.82) is 0 Å². The third-order valence-corrected chi connectivity index (χ3v) is 5.00. The number of halogens is 5. The van der Waals surface area contributed by atoms with Crippen molar-refractivity contribution in [1.82, 2.24) is 0 Å². The van der Waals surface area contributed by atoms with Crippen molar-refractivity contribution in [3.05, 3.63) is 0 Å². The SMILES string of the molecule is NC(=O)OC(C(Cl)(Cl)Cl)P(=O)(OCCCl)OCCCl. The highest BCUT2D eigenvalue weighted by Crippen LogP contribution is 2.60. The predicted molar refractivity (Wildman–Crippen MR) is 75.7 cm³/mol. The van der Waals surface area contributed by atoms with Gasteiger partial charge >= 0.3 is 13.7 Å². The highest BCUT2D eigenvalue weighted by molar-refractivity contribution is 7.55. The molecule has 19 heavy (non-hydrogen) atoms. The van der Waals surface area contributed by atoms with Crippen LogP contribution < -0.4 is 5.73 Å². The van der Waals surface area contributed by atoms with E-state index in [1.807, 2.05) is 0 Å². The maximum atomic E-state index is 12.5. The van der Waals surface area contributed by atoms with Gasteiger partial charge < -0.3 is 19.5 Å². The van der Waals surface area contributed by atoms with Crippen molar-refractivity contribution >= 4 is 71.7 Å². The van der Waals surface area contributed by atoms with E-state index in [0.717, 1.165) is 0 Å². The lowest BCUT2D eigenvalue weighted by molar-refractivity contribution is 0.111. The Labute approximate surface area is 135 Å². The lowest BCUT2D eigenvalue weighted by Gasteiger charge is -2.29. The summed E-state index contributed by atoms with van der Waals surface area (Å²) < 4.78 is 24.6. The minimum Gasteiger partial charge on any atom is -0.429 e. The molecular weight excluding hydrogens is 386 g/mol. The van der Waals surface area contributed by atoms with Gasteiger partial charge in [-0.2, -0.15) is 0 Å². The highest BCUT2D eigenvalue weighted by Gasteiger charge is 2.52. The molecule has 12 heteroatoms. The molecule has 2 N–H and O–H groups in total. The van der Waals surface area contributed by atoms with Gasteiger partial charge in [0.1, 0.15) is 0 Å². The Morgan fingerprint density at radius 3 is 1.84 bits per heavy atom. The summed E-state index contributed by atoms with van der Waals surface area (Å²) in [7, 11) is -4.13. The number of carbonyl (C=O) groups excluding carboxylic acids is 1. The molecule has 0 spiro atoms. The smallest absolute Gasteiger partial charge is 0.405 e. The first-order valence-electron chi connectivity index (χ1n) is 4.71. The Morgan fingerprint density at radius 1 is 1.16 bits per heavy atom. The quantitative estimate of drug-likeness (QED) is 0.500. The maximum Gasteiger partial charge on any atom is 0.405 e.